The summed E-state index contributed by atoms with van der Waals surface area (Å²) in [6.45, 7) is 0.595. The lowest BCUT2D eigenvalue weighted by Crippen LogP contribution is -2.43. The van der Waals surface area contributed by atoms with Gasteiger partial charge in [0.2, 0.25) is 5.91 Å². The molecule has 1 N–H and O–H groups in total. The maximum Gasteiger partial charge on any atom is 0.251 e. The Bertz CT molecular complexity index is 1290. The fraction of sp³-hybridized carbons (Fsp3) is 0.222. The van der Waals surface area contributed by atoms with Crippen LogP contribution in [0.15, 0.2) is 78.9 Å². The van der Waals surface area contributed by atoms with Crippen molar-refractivity contribution in [3.05, 3.63) is 84.4 Å². The number of hydrogen-bond acceptors (Lipinski definition) is 3. The fourth-order valence-electron chi connectivity index (χ4n) is 4.52. The molecule has 166 valence electrons. The Morgan fingerprint density at radius 2 is 1.67 bits per heavy atom. The third kappa shape index (κ3) is 4.12. The number of aromatic nitrogens is 2. The second-order valence-corrected chi connectivity index (χ2v) is 8.41. The van der Waals surface area contributed by atoms with E-state index in [1.54, 1.807) is 4.90 Å². The number of hydrogen-bond donors (Lipinski definition) is 1. The first-order valence-corrected chi connectivity index (χ1v) is 11.3. The molecule has 33 heavy (non-hydrogen) atoms. The summed E-state index contributed by atoms with van der Waals surface area (Å²) >= 11 is 0. The van der Waals surface area contributed by atoms with Crippen LogP contribution < -0.4 is 5.32 Å². The molecule has 0 bridgehead atoms. The second-order valence-electron chi connectivity index (χ2n) is 8.41. The van der Waals surface area contributed by atoms with Gasteiger partial charge in [0, 0.05) is 31.3 Å². The number of imidazole rings is 1. The van der Waals surface area contributed by atoms with Crippen LogP contribution in [0.2, 0.25) is 0 Å². The summed E-state index contributed by atoms with van der Waals surface area (Å²) < 4.78 is 2.07. The van der Waals surface area contributed by atoms with Crippen molar-refractivity contribution < 1.29 is 9.59 Å². The van der Waals surface area contributed by atoms with Crippen LogP contribution >= 0.6 is 0 Å². The van der Waals surface area contributed by atoms with Crippen molar-refractivity contribution in [1.29, 1.82) is 0 Å². The minimum absolute atomic E-state index is 0.0300. The Hall–Kier alpha value is -3.93. The first kappa shape index (κ1) is 20.9. The average molecular weight is 439 g/mol. The predicted octanol–water partition coefficient (Wildman–Crippen LogP) is 4.93. The first-order valence-electron chi connectivity index (χ1n) is 11.3. The lowest BCUT2D eigenvalue weighted by atomic mass is 10.0. The van der Waals surface area contributed by atoms with Crippen LogP contribution in [0.1, 0.15) is 30.9 Å². The maximum absolute atomic E-state index is 13.4. The van der Waals surface area contributed by atoms with Gasteiger partial charge in [-0.1, -0.05) is 42.5 Å². The normalized spacial score (nSPS) is 14.9. The van der Waals surface area contributed by atoms with Crippen molar-refractivity contribution in [2.75, 3.05) is 11.9 Å². The molecular weight excluding hydrogens is 412 g/mol. The van der Waals surface area contributed by atoms with Crippen LogP contribution in [0, 0.1) is 0 Å². The SMILES string of the molecule is Cn1c(-c2ccc(NC(=O)C(c3ccccc3)N3CCCCC3=O)cc2)nc2ccccc21. The van der Waals surface area contributed by atoms with E-state index in [0.29, 0.717) is 18.7 Å². The topological polar surface area (TPSA) is 67.2 Å². The molecular formula is C27H26N4O2. The molecule has 1 unspecified atom stereocenters. The zero-order chi connectivity index (χ0) is 22.8. The summed E-state index contributed by atoms with van der Waals surface area (Å²) in [5.41, 5.74) is 4.50. The molecule has 4 aromatic rings. The van der Waals surface area contributed by atoms with Crippen LogP contribution in [0.3, 0.4) is 0 Å². The van der Waals surface area contributed by atoms with Gasteiger partial charge in [0.15, 0.2) is 0 Å². The van der Waals surface area contributed by atoms with E-state index in [4.69, 9.17) is 4.98 Å². The number of benzene rings is 3. The number of amides is 2. The van der Waals surface area contributed by atoms with E-state index in [1.807, 2.05) is 85.9 Å². The number of likely N-dealkylation sites (tertiary alicyclic amines) is 1. The highest BCUT2D eigenvalue weighted by Crippen LogP contribution is 2.28. The lowest BCUT2D eigenvalue weighted by molar-refractivity contribution is -0.141. The molecule has 0 aliphatic carbocycles. The summed E-state index contributed by atoms with van der Waals surface area (Å²) in [6.07, 6.45) is 2.28. The highest BCUT2D eigenvalue weighted by Gasteiger charge is 2.32. The summed E-state index contributed by atoms with van der Waals surface area (Å²) in [4.78, 5) is 32.4. The number of carbonyl (C=O) groups excluding carboxylic acids is 2. The molecule has 3 aromatic carbocycles. The first-order chi connectivity index (χ1) is 16.1. The molecule has 1 atom stereocenters. The monoisotopic (exact) mass is 438 g/mol. The van der Waals surface area contributed by atoms with Crippen molar-refractivity contribution in [1.82, 2.24) is 14.5 Å². The quantitative estimate of drug-likeness (QED) is 0.480. The Morgan fingerprint density at radius 3 is 2.39 bits per heavy atom. The Labute approximate surface area is 192 Å². The molecule has 1 aliphatic heterocycles. The summed E-state index contributed by atoms with van der Waals surface area (Å²) in [6, 6.07) is 24.6. The predicted molar refractivity (Wildman–Crippen MR) is 130 cm³/mol. The van der Waals surface area contributed by atoms with Gasteiger partial charge in [-0.15, -0.1) is 0 Å². The van der Waals surface area contributed by atoms with Crippen molar-refractivity contribution in [3.8, 4) is 11.4 Å². The van der Waals surface area contributed by atoms with E-state index in [-0.39, 0.29) is 11.8 Å². The largest absolute Gasteiger partial charge is 0.327 e. The number of anilines is 1. The molecule has 0 saturated carbocycles. The highest BCUT2D eigenvalue weighted by molar-refractivity contribution is 5.98. The number of nitrogens with one attached hydrogen (secondary N) is 1. The van der Waals surface area contributed by atoms with E-state index in [2.05, 4.69) is 9.88 Å². The maximum atomic E-state index is 13.4. The molecule has 6 nitrogen and oxygen atoms in total. The van der Waals surface area contributed by atoms with E-state index >= 15 is 0 Å². The van der Waals surface area contributed by atoms with Crippen molar-refractivity contribution in [3.63, 3.8) is 0 Å². The van der Waals surface area contributed by atoms with Crippen LogP contribution in [-0.4, -0.2) is 32.8 Å². The molecule has 1 fully saturated rings. The van der Waals surface area contributed by atoms with E-state index in [1.165, 1.54) is 0 Å². The fourth-order valence-corrected chi connectivity index (χ4v) is 4.52. The van der Waals surface area contributed by atoms with Gasteiger partial charge in [0.25, 0.3) is 5.91 Å². The number of aryl methyl sites for hydroxylation is 1. The zero-order valence-corrected chi connectivity index (χ0v) is 18.6. The van der Waals surface area contributed by atoms with Gasteiger partial charge < -0.3 is 14.8 Å². The van der Waals surface area contributed by atoms with E-state index in [0.717, 1.165) is 40.8 Å². The molecule has 1 saturated heterocycles. The third-order valence-electron chi connectivity index (χ3n) is 6.23. The minimum Gasteiger partial charge on any atom is -0.327 e. The van der Waals surface area contributed by atoms with Gasteiger partial charge in [-0.3, -0.25) is 9.59 Å². The molecule has 0 radical (unpaired) electrons. The van der Waals surface area contributed by atoms with Crippen molar-refractivity contribution >= 4 is 28.5 Å². The number of carbonyl (C=O) groups is 2. The average Bonchev–Trinajstić information content (AvgIpc) is 3.18. The molecule has 2 heterocycles. The lowest BCUT2D eigenvalue weighted by Gasteiger charge is -2.34. The number of rotatable bonds is 5. The number of para-hydroxylation sites is 2. The Kier molecular flexibility index (Phi) is 5.65. The second kappa shape index (κ2) is 8.90. The van der Waals surface area contributed by atoms with Crippen LogP contribution in [0.5, 0.6) is 0 Å². The van der Waals surface area contributed by atoms with Crippen LogP contribution in [0.4, 0.5) is 5.69 Å². The molecule has 0 spiro atoms. The standard InChI is InChI=1S/C27H26N4O2/c1-30-23-12-6-5-11-22(23)29-26(30)20-14-16-21(17-15-20)28-27(33)25(19-9-3-2-4-10-19)31-18-8-7-13-24(31)32/h2-6,9-12,14-17,25H,7-8,13,18H2,1H3,(H,28,33). The van der Waals surface area contributed by atoms with Crippen molar-refractivity contribution in [2.45, 2.75) is 25.3 Å². The Morgan fingerprint density at radius 1 is 0.939 bits per heavy atom. The molecule has 2 amide bonds. The third-order valence-corrected chi connectivity index (χ3v) is 6.23. The number of nitrogens with zero attached hydrogens (tertiary/aromatic N) is 3. The Balaban J connectivity index is 1.39. The highest BCUT2D eigenvalue weighted by atomic mass is 16.2. The van der Waals surface area contributed by atoms with Crippen LogP contribution in [0.25, 0.3) is 22.4 Å². The van der Waals surface area contributed by atoms with E-state index in [9.17, 15) is 9.59 Å². The van der Waals surface area contributed by atoms with Crippen molar-refractivity contribution in [2.24, 2.45) is 7.05 Å². The molecule has 1 aromatic heterocycles. The minimum atomic E-state index is -0.640. The summed E-state index contributed by atoms with van der Waals surface area (Å²) in [5, 5.41) is 3.02. The molecule has 1 aliphatic rings. The molecule has 5 rings (SSSR count). The van der Waals surface area contributed by atoms with Gasteiger partial charge >= 0.3 is 0 Å². The zero-order valence-electron chi connectivity index (χ0n) is 18.6. The molecule has 6 heteroatoms. The summed E-state index contributed by atoms with van der Waals surface area (Å²) in [5.74, 6) is 0.699. The van der Waals surface area contributed by atoms with Gasteiger partial charge in [-0.05, 0) is 54.8 Å². The summed E-state index contributed by atoms with van der Waals surface area (Å²) in [7, 11) is 2.00. The smallest absolute Gasteiger partial charge is 0.251 e. The van der Waals surface area contributed by atoms with Gasteiger partial charge in [-0.25, -0.2) is 4.98 Å². The number of piperidine rings is 1. The van der Waals surface area contributed by atoms with Gasteiger partial charge in [-0.2, -0.15) is 0 Å². The van der Waals surface area contributed by atoms with E-state index < -0.39 is 6.04 Å². The van der Waals surface area contributed by atoms with Gasteiger partial charge in [0.05, 0.1) is 11.0 Å². The van der Waals surface area contributed by atoms with Crippen LogP contribution in [-0.2, 0) is 16.6 Å². The number of fused-ring (bicyclic) bond motifs is 1. The van der Waals surface area contributed by atoms with Gasteiger partial charge in [0.1, 0.15) is 11.9 Å².